The zero-order chi connectivity index (χ0) is 18.8. The SMILES string of the molecule is COc1ccc2nc(NC(=O)COc3ccc4c(c3)CCC(=O)N4)sc2c1. The lowest BCUT2D eigenvalue weighted by atomic mass is 10.0. The number of aryl methyl sites for hydroxylation is 1. The molecule has 0 fully saturated rings. The number of hydrogen-bond acceptors (Lipinski definition) is 6. The van der Waals surface area contributed by atoms with Crippen LogP contribution < -0.4 is 20.1 Å². The van der Waals surface area contributed by atoms with Gasteiger partial charge in [0.1, 0.15) is 11.5 Å². The lowest BCUT2D eigenvalue weighted by Crippen LogP contribution is -2.21. The molecule has 0 saturated heterocycles. The molecule has 2 N–H and O–H groups in total. The van der Waals surface area contributed by atoms with Crippen molar-refractivity contribution in [3.63, 3.8) is 0 Å². The van der Waals surface area contributed by atoms with Crippen LogP contribution >= 0.6 is 11.3 Å². The number of ether oxygens (including phenoxy) is 2. The van der Waals surface area contributed by atoms with Crippen LogP contribution in [-0.4, -0.2) is 30.5 Å². The molecular formula is C19H17N3O4S. The summed E-state index contributed by atoms with van der Waals surface area (Å²) in [6, 6.07) is 10.9. The number of rotatable bonds is 5. The first-order chi connectivity index (χ1) is 13.1. The van der Waals surface area contributed by atoms with Gasteiger partial charge in [-0.05, 0) is 48.4 Å². The smallest absolute Gasteiger partial charge is 0.264 e. The van der Waals surface area contributed by atoms with Crippen molar-refractivity contribution in [2.45, 2.75) is 12.8 Å². The van der Waals surface area contributed by atoms with Crippen molar-refractivity contribution in [3.05, 3.63) is 42.0 Å². The first-order valence-electron chi connectivity index (χ1n) is 8.41. The third-order valence-electron chi connectivity index (χ3n) is 4.18. The van der Waals surface area contributed by atoms with Crippen molar-refractivity contribution in [3.8, 4) is 11.5 Å². The molecule has 4 rings (SSSR count). The minimum atomic E-state index is -0.285. The van der Waals surface area contributed by atoms with Crippen LogP contribution in [0.2, 0.25) is 0 Å². The molecule has 0 spiro atoms. The van der Waals surface area contributed by atoms with Crippen molar-refractivity contribution in [1.29, 1.82) is 0 Å². The molecule has 0 unspecified atom stereocenters. The van der Waals surface area contributed by atoms with Gasteiger partial charge in [0, 0.05) is 12.1 Å². The van der Waals surface area contributed by atoms with Crippen LogP contribution in [0.25, 0.3) is 10.2 Å². The van der Waals surface area contributed by atoms with Gasteiger partial charge in [-0.2, -0.15) is 0 Å². The van der Waals surface area contributed by atoms with Gasteiger partial charge >= 0.3 is 0 Å². The molecule has 1 aliphatic rings. The molecule has 7 nitrogen and oxygen atoms in total. The molecule has 1 aromatic heterocycles. The molecule has 2 aromatic carbocycles. The zero-order valence-electron chi connectivity index (χ0n) is 14.6. The van der Waals surface area contributed by atoms with E-state index in [2.05, 4.69) is 15.6 Å². The largest absolute Gasteiger partial charge is 0.497 e. The summed E-state index contributed by atoms with van der Waals surface area (Å²) in [6.07, 6.45) is 1.12. The molecule has 0 saturated carbocycles. The van der Waals surface area contributed by atoms with E-state index in [1.807, 2.05) is 24.3 Å². The van der Waals surface area contributed by atoms with Gasteiger partial charge in [-0.1, -0.05) is 11.3 Å². The van der Waals surface area contributed by atoms with Crippen molar-refractivity contribution < 1.29 is 19.1 Å². The number of carbonyl (C=O) groups excluding carboxylic acids is 2. The highest BCUT2D eigenvalue weighted by atomic mass is 32.1. The summed E-state index contributed by atoms with van der Waals surface area (Å²) in [4.78, 5) is 27.9. The van der Waals surface area contributed by atoms with Crippen LogP contribution in [0.5, 0.6) is 11.5 Å². The number of thiazole rings is 1. The van der Waals surface area contributed by atoms with Crippen molar-refractivity contribution in [1.82, 2.24) is 4.98 Å². The van der Waals surface area contributed by atoms with Crippen LogP contribution in [-0.2, 0) is 16.0 Å². The summed E-state index contributed by atoms with van der Waals surface area (Å²) in [6.45, 7) is -0.121. The van der Waals surface area contributed by atoms with E-state index in [0.29, 0.717) is 23.7 Å². The molecule has 0 bridgehead atoms. The fourth-order valence-corrected chi connectivity index (χ4v) is 3.75. The molecular weight excluding hydrogens is 366 g/mol. The van der Waals surface area contributed by atoms with Crippen LogP contribution in [0.4, 0.5) is 10.8 Å². The number of benzene rings is 2. The Hall–Kier alpha value is -3.13. The second-order valence-electron chi connectivity index (χ2n) is 6.06. The van der Waals surface area contributed by atoms with E-state index < -0.39 is 0 Å². The maximum Gasteiger partial charge on any atom is 0.264 e. The van der Waals surface area contributed by atoms with Crippen LogP contribution in [0.3, 0.4) is 0 Å². The quantitative estimate of drug-likeness (QED) is 0.706. The molecule has 0 atom stereocenters. The first kappa shape index (κ1) is 17.3. The topological polar surface area (TPSA) is 89.6 Å². The Bertz CT molecular complexity index is 1030. The van der Waals surface area contributed by atoms with Gasteiger partial charge in [-0.25, -0.2) is 4.98 Å². The summed E-state index contributed by atoms with van der Waals surface area (Å²) in [7, 11) is 1.61. The molecule has 8 heteroatoms. The molecule has 1 aliphatic heterocycles. The Labute approximate surface area is 159 Å². The molecule has 2 heterocycles. The average Bonchev–Trinajstić information content (AvgIpc) is 3.07. The molecule has 3 aromatic rings. The third kappa shape index (κ3) is 3.85. The van der Waals surface area contributed by atoms with Gasteiger partial charge in [0.2, 0.25) is 5.91 Å². The first-order valence-corrected chi connectivity index (χ1v) is 9.22. The van der Waals surface area contributed by atoms with Gasteiger partial charge in [0.15, 0.2) is 11.7 Å². The minimum Gasteiger partial charge on any atom is -0.497 e. The van der Waals surface area contributed by atoms with Crippen LogP contribution in [0, 0.1) is 0 Å². The summed E-state index contributed by atoms with van der Waals surface area (Å²) in [5.41, 5.74) is 2.61. The molecule has 0 radical (unpaired) electrons. The predicted molar refractivity (Wildman–Crippen MR) is 104 cm³/mol. The predicted octanol–water partition coefficient (Wildman–Crippen LogP) is 3.21. The highest BCUT2D eigenvalue weighted by molar-refractivity contribution is 7.22. The lowest BCUT2D eigenvalue weighted by molar-refractivity contribution is -0.118. The Morgan fingerprint density at radius 2 is 2.07 bits per heavy atom. The minimum absolute atomic E-state index is 0.0176. The zero-order valence-corrected chi connectivity index (χ0v) is 15.4. The van der Waals surface area contributed by atoms with E-state index in [1.54, 1.807) is 19.2 Å². The van der Waals surface area contributed by atoms with Crippen molar-refractivity contribution >= 4 is 44.2 Å². The number of nitrogens with one attached hydrogen (secondary N) is 2. The lowest BCUT2D eigenvalue weighted by Gasteiger charge is -2.17. The normalized spacial score (nSPS) is 13.0. The molecule has 138 valence electrons. The summed E-state index contributed by atoms with van der Waals surface area (Å²) >= 11 is 1.38. The number of anilines is 2. The maximum absolute atomic E-state index is 12.2. The van der Waals surface area contributed by atoms with Gasteiger partial charge in [-0.15, -0.1) is 0 Å². The molecule has 2 amide bonds. The van der Waals surface area contributed by atoms with Gasteiger partial charge in [0.25, 0.3) is 5.91 Å². The van der Waals surface area contributed by atoms with Gasteiger partial charge in [-0.3, -0.25) is 14.9 Å². The Morgan fingerprint density at radius 1 is 1.22 bits per heavy atom. The van der Waals surface area contributed by atoms with Crippen molar-refractivity contribution in [2.24, 2.45) is 0 Å². The maximum atomic E-state index is 12.2. The number of methoxy groups -OCH3 is 1. The fraction of sp³-hybridized carbons (Fsp3) is 0.211. The highest BCUT2D eigenvalue weighted by Gasteiger charge is 2.15. The van der Waals surface area contributed by atoms with E-state index in [0.717, 1.165) is 27.2 Å². The van der Waals surface area contributed by atoms with Gasteiger partial charge < -0.3 is 14.8 Å². The fourth-order valence-electron chi connectivity index (χ4n) is 2.84. The summed E-state index contributed by atoms with van der Waals surface area (Å²) < 4.78 is 11.7. The van der Waals surface area contributed by atoms with Crippen molar-refractivity contribution in [2.75, 3.05) is 24.4 Å². The third-order valence-corrected chi connectivity index (χ3v) is 5.12. The summed E-state index contributed by atoms with van der Waals surface area (Å²) in [5.74, 6) is 1.07. The molecule has 0 aliphatic carbocycles. The second kappa shape index (κ2) is 7.24. The highest BCUT2D eigenvalue weighted by Crippen LogP contribution is 2.29. The number of fused-ring (bicyclic) bond motifs is 2. The van der Waals surface area contributed by atoms with E-state index in [9.17, 15) is 9.59 Å². The Morgan fingerprint density at radius 3 is 2.93 bits per heavy atom. The number of nitrogens with zero attached hydrogens (tertiary/aromatic N) is 1. The standard InChI is InChI=1S/C19H17N3O4S/c1-25-12-3-6-15-16(9-12)27-19(21-15)22-18(24)10-26-13-4-5-14-11(8-13)2-7-17(23)20-14/h3-6,8-9H,2,7,10H2,1H3,(H,20,23)(H,21,22,24). The average molecular weight is 383 g/mol. The number of amides is 2. The monoisotopic (exact) mass is 383 g/mol. The number of hydrogen-bond donors (Lipinski definition) is 2. The van der Waals surface area contributed by atoms with E-state index in [4.69, 9.17) is 9.47 Å². The van der Waals surface area contributed by atoms with E-state index in [1.165, 1.54) is 11.3 Å². The summed E-state index contributed by atoms with van der Waals surface area (Å²) in [5, 5.41) is 6.08. The number of aromatic nitrogens is 1. The van der Waals surface area contributed by atoms with Crippen LogP contribution in [0.1, 0.15) is 12.0 Å². The second-order valence-corrected chi connectivity index (χ2v) is 7.09. The van der Waals surface area contributed by atoms with Crippen LogP contribution in [0.15, 0.2) is 36.4 Å². The van der Waals surface area contributed by atoms with E-state index in [-0.39, 0.29) is 18.4 Å². The molecule has 27 heavy (non-hydrogen) atoms. The Kier molecular flexibility index (Phi) is 4.64. The Balaban J connectivity index is 1.38. The van der Waals surface area contributed by atoms with E-state index >= 15 is 0 Å². The number of carbonyl (C=O) groups is 2. The van der Waals surface area contributed by atoms with Gasteiger partial charge in [0.05, 0.1) is 17.3 Å².